The Bertz CT molecular complexity index is 619. The van der Waals surface area contributed by atoms with Gasteiger partial charge in [-0.1, -0.05) is 6.07 Å². The van der Waals surface area contributed by atoms with E-state index < -0.39 is 9.05 Å². The van der Waals surface area contributed by atoms with Crippen LogP contribution in [0, 0.1) is 6.92 Å². The van der Waals surface area contributed by atoms with Gasteiger partial charge < -0.3 is 4.57 Å². The Morgan fingerprint density at radius 2 is 2.12 bits per heavy atom. The lowest BCUT2D eigenvalue weighted by Crippen LogP contribution is -1.98. The Kier molecular flexibility index (Phi) is 2.73. The van der Waals surface area contributed by atoms with E-state index in [0.29, 0.717) is 0 Å². The van der Waals surface area contributed by atoms with Gasteiger partial charge in [0.25, 0.3) is 9.05 Å². The lowest BCUT2D eigenvalue weighted by molar-refractivity contribution is 0.609. The molecular formula is C10H9ClN2O2S. The SMILES string of the molecule is Cc1nccn1-c1cccc(S(=O)(=O)Cl)c1. The van der Waals surface area contributed by atoms with Crippen LogP contribution in [0.4, 0.5) is 0 Å². The van der Waals surface area contributed by atoms with Gasteiger partial charge in [-0.25, -0.2) is 13.4 Å². The number of halogens is 1. The van der Waals surface area contributed by atoms with Crippen molar-refractivity contribution in [2.24, 2.45) is 0 Å². The summed E-state index contributed by atoms with van der Waals surface area (Å²) < 4.78 is 24.1. The summed E-state index contributed by atoms with van der Waals surface area (Å²) in [5.74, 6) is 0.782. The second kappa shape index (κ2) is 3.92. The largest absolute Gasteiger partial charge is 0.304 e. The highest BCUT2D eigenvalue weighted by molar-refractivity contribution is 8.13. The molecule has 1 heterocycles. The molecule has 4 nitrogen and oxygen atoms in total. The molecule has 1 aromatic carbocycles. The highest BCUT2D eigenvalue weighted by Gasteiger charge is 2.11. The number of imidazole rings is 1. The predicted octanol–water partition coefficient (Wildman–Crippen LogP) is 2.11. The van der Waals surface area contributed by atoms with Crippen LogP contribution >= 0.6 is 10.7 Å². The Morgan fingerprint density at radius 1 is 1.38 bits per heavy atom. The summed E-state index contributed by atoms with van der Waals surface area (Å²) in [7, 11) is 1.59. The predicted molar refractivity (Wildman–Crippen MR) is 61.3 cm³/mol. The molecule has 84 valence electrons. The van der Waals surface area contributed by atoms with Crippen LogP contribution in [0.25, 0.3) is 5.69 Å². The Hall–Kier alpha value is -1.33. The van der Waals surface area contributed by atoms with Crippen molar-refractivity contribution < 1.29 is 8.42 Å². The van der Waals surface area contributed by atoms with Crippen LogP contribution in [0.2, 0.25) is 0 Å². The standard InChI is InChI=1S/C10H9ClN2O2S/c1-8-12-5-6-13(8)9-3-2-4-10(7-9)16(11,14)15/h2-7H,1H3. The van der Waals surface area contributed by atoms with Gasteiger partial charge in [0.15, 0.2) is 0 Å². The van der Waals surface area contributed by atoms with Crippen LogP contribution in [-0.2, 0) is 9.05 Å². The minimum Gasteiger partial charge on any atom is -0.304 e. The maximum Gasteiger partial charge on any atom is 0.261 e. The second-order valence-corrected chi connectivity index (χ2v) is 5.85. The molecule has 2 aromatic rings. The van der Waals surface area contributed by atoms with Crippen molar-refractivity contribution >= 4 is 19.7 Å². The van der Waals surface area contributed by atoms with E-state index in [1.807, 2.05) is 6.92 Å². The van der Waals surface area contributed by atoms with Gasteiger partial charge in [0, 0.05) is 28.8 Å². The van der Waals surface area contributed by atoms with E-state index in [1.165, 1.54) is 12.1 Å². The molecule has 0 aliphatic carbocycles. The lowest BCUT2D eigenvalue weighted by atomic mass is 10.3. The normalized spacial score (nSPS) is 11.6. The molecule has 0 aliphatic rings. The third-order valence-corrected chi connectivity index (χ3v) is 3.55. The van der Waals surface area contributed by atoms with E-state index in [0.717, 1.165) is 11.5 Å². The zero-order valence-electron chi connectivity index (χ0n) is 8.46. The minimum absolute atomic E-state index is 0.0831. The average molecular weight is 257 g/mol. The van der Waals surface area contributed by atoms with Crippen molar-refractivity contribution in [3.8, 4) is 5.69 Å². The van der Waals surface area contributed by atoms with Crippen LogP contribution in [0.3, 0.4) is 0 Å². The quantitative estimate of drug-likeness (QED) is 0.774. The van der Waals surface area contributed by atoms with Crippen molar-refractivity contribution in [3.05, 3.63) is 42.5 Å². The van der Waals surface area contributed by atoms with Crippen LogP contribution in [-0.4, -0.2) is 18.0 Å². The van der Waals surface area contributed by atoms with Gasteiger partial charge >= 0.3 is 0 Å². The molecule has 0 atom stereocenters. The first kappa shape index (κ1) is 11.2. The van der Waals surface area contributed by atoms with Crippen LogP contribution in [0.1, 0.15) is 5.82 Å². The van der Waals surface area contributed by atoms with E-state index in [-0.39, 0.29) is 4.90 Å². The number of nitrogens with zero attached hydrogens (tertiary/aromatic N) is 2. The average Bonchev–Trinajstić information content (AvgIpc) is 2.63. The summed E-state index contributed by atoms with van der Waals surface area (Å²) in [6, 6.07) is 6.40. The first-order valence-electron chi connectivity index (χ1n) is 4.53. The van der Waals surface area contributed by atoms with Gasteiger partial charge in [0.05, 0.1) is 4.90 Å². The lowest BCUT2D eigenvalue weighted by Gasteiger charge is -2.05. The molecule has 0 radical (unpaired) electrons. The van der Waals surface area contributed by atoms with E-state index in [2.05, 4.69) is 4.98 Å². The molecule has 2 rings (SSSR count). The number of hydrogen-bond donors (Lipinski definition) is 0. The monoisotopic (exact) mass is 256 g/mol. The Balaban J connectivity index is 2.57. The first-order valence-corrected chi connectivity index (χ1v) is 6.84. The third kappa shape index (κ3) is 2.10. The summed E-state index contributed by atoms with van der Waals surface area (Å²) in [6.45, 7) is 1.84. The number of aryl methyl sites for hydroxylation is 1. The molecule has 0 N–H and O–H groups in total. The number of rotatable bonds is 2. The van der Waals surface area contributed by atoms with Crippen LogP contribution in [0.5, 0.6) is 0 Å². The topological polar surface area (TPSA) is 52.0 Å². The fourth-order valence-electron chi connectivity index (χ4n) is 1.44. The van der Waals surface area contributed by atoms with E-state index in [4.69, 9.17) is 10.7 Å². The molecular weight excluding hydrogens is 248 g/mol. The summed E-state index contributed by atoms with van der Waals surface area (Å²) in [5, 5.41) is 0. The summed E-state index contributed by atoms with van der Waals surface area (Å²) >= 11 is 0. The maximum atomic E-state index is 11.2. The van der Waals surface area contributed by atoms with Gasteiger partial charge in [-0.3, -0.25) is 0 Å². The molecule has 0 amide bonds. The van der Waals surface area contributed by atoms with Crippen molar-refractivity contribution in [2.75, 3.05) is 0 Å². The molecule has 0 spiro atoms. The number of aromatic nitrogens is 2. The highest BCUT2D eigenvalue weighted by Crippen LogP contribution is 2.19. The zero-order valence-corrected chi connectivity index (χ0v) is 10.0. The van der Waals surface area contributed by atoms with Gasteiger partial charge in [0.1, 0.15) is 5.82 Å². The third-order valence-electron chi connectivity index (χ3n) is 2.20. The van der Waals surface area contributed by atoms with Gasteiger partial charge in [-0.05, 0) is 25.1 Å². The van der Waals surface area contributed by atoms with Gasteiger partial charge in [0.2, 0.25) is 0 Å². The molecule has 0 unspecified atom stereocenters. The second-order valence-electron chi connectivity index (χ2n) is 3.28. The van der Waals surface area contributed by atoms with E-state index in [1.54, 1.807) is 29.1 Å². The zero-order chi connectivity index (χ0) is 11.8. The van der Waals surface area contributed by atoms with E-state index >= 15 is 0 Å². The smallest absolute Gasteiger partial charge is 0.261 e. The summed E-state index contributed by atoms with van der Waals surface area (Å²) in [6.07, 6.45) is 3.41. The fraction of sp³-hybridized carbons (Fsp3) is 0.100. The summed E-state index contributed by atoms with van der Waals surface area (Å²) in [5.41, 5.74) is 0.719. The van der Waals surface area contributed by atoms with Crippen LogP contribution in [0.15, 0.2) is 41.6 Å². The Morgan fingerprint density at radius 3 is 2.69 bits per heavy atom. The minimum atomic E-state index is -3.69. The van der Waals surface area contributed by atoms with Gasteiger partial charge in [-0.15, -0.1) is 0 Å². The maximum absolute atomic E-state index is 11.2. The molecule has 0 saturated carbocycles. The highest BCUT2D eigenvalue weighted by atomic mass is 35.7. The van der Waals surface area contributed by atoms with Crippen LogP contribution < -0.4 is 0 Å². The molecule has 6 heteroatoms. The van der Waals surface area contributed by atoms with Crippen molar-refractivity contribution in [3.63, 3.8) is 0 Å². The number of hydrogen-bond acceptors (Lipinski definition) is 3. The molecule has 0 aliphatic heterocycles. The number of benzene rings is 1. The summed E-state index contributed by atoms with van der Waals surface area (Å²) in [4.78, 5) is 4.15. The van der Waals surface area contributed by atoms with Crippen molar-refractivity contribution in [2.45, 2.75) is 11.8 Å². The fourth-order valence-corrected chi connectivity index (χ4v) is 2.23. The molecule has 16 heavy (non-hydrogen) atoms. The van der Waals surface area contributed by atoms with Crippen molar-refractivity contribution in [1.82, 2.24) is 9.55 Å². The van der Waals surface area contributed by atoms with Crippen molar-refractivity contribution in [1.29, 1.82) is 0 Å². The first-order chi connectivity index (χ1) is 7.48. The van der Waals surface area contributed by atoms with E-state index in [9.17, 15) is 8.42 Å². The molecule has 0 bridgehead atoms. The van der Waals surface area contributed by atoms with Gasteiger partial charge in [-0.2, -0.15) is 0 Å². The molecule has 0 saturated heterocycles. The Labute approximate surface area is 97.9 Å². The molecule has 0 fully saturated rings. The molecule has 1 aromatic heterocycles.